The molecule has 3 N–H and O–H groups in total. The summed E-state index contributed by atoms with van der Waals surface area (Å²) >= 11 is 0. The van der Waals surface area contributed by atoms with Crippen LogP contribution in [0.15, 0.2) is 30.3 Å². The van der Waals surface area contributed by atoms with Crippen molar-refractivity contribution in [3.8, 4) is 5.88 Å². The number of methoxy groups -OCH3 is 1. The minimum atomic E-state index is -0.0529. The summed E-state index contributed by atoms with van der Waals surface area (Å²) in [6, 6.07) is 10.4. The van der Waals surface area contributed by atoms with Crippen molar-refractivity contribution in [1.82, 2.24) is 15.6 Å². The molecule has 1 atom stereocenters. The third kappa shape index (κ3) is 3.04. The van der Waals surface area contributed by atoms with Crippen LogP contribution in [0.3, 0.4) is 0 Å². The number of nitrogens with zero attached hydrogens (tertiary/aromatic N) is 2. The zero-order valence-electron chi connectivity index (χ0n) is 12.2. The van der Waals surface area contributed by atoms with E-state index in [0.717, 1.165) is 12.1 Å². The normalized spacial score (nSPS) is 14.8. The van der Waals surface area contributed by atoms with Gasteiger partial charge in [-0.3, -0.25) is 11.3 Å². The molecule has 0 bridgehead atoms. The molecule has 110 valence electrons. The smallest absolute Gasteiger partial charge is 0.233 e. The first-order chi connectivity index (χ1) is 10.3. The van der Waals surface area contributed by atoms with Gasteiger partial charge in [0.25, 0.3) is 0 Å². The van der Waals surface area contributed by atoms with Gasteiger partial charge in [-0.05, 0) is 48.4 Å². The maximum Gasteiger partial charge on any atom is 0.233 e. The highest BCUT2D eigenvalue weighted by Gasteiger charge is 2.16. The van der Waals surface area contributed by atoms with Crippen LogP contribution >= 0.6 is 0 Å². The zero-order chi connectivity index (χ0) is 14.7. The Balaban J connectivity index is 1.77. The Morgan fingerprint density at radius 2 is 2.05 bits per heavy atom. The summed E-state index contributed by atoms with van der Waals surface area (Å²) in [5.74, 6) is 6.19. The molecule has 2 aromatic rings. The molecular weight excluding hydrogens is 264 g/mol. The number of rotatable bonds is 5. The molecule has 1 heterocycles. The average Bonchev–Trinajstić information content (AvgIpc) is 3.00. The van der Waals surface area contributed by atoms with Gasteiger partial charge in [0, 0.05) is 6.07 Å². The topological polar surface area (TPSA) is 73.1 Å². The number of benzene rings is 1. The molecule has 1 aromatic heterocycles. The van der Waals surface area contributed by atoms with Gasteiger partial charge < -0.3 is 4.74 Å². The van der Waals surface area contributed by atoms with E-state index in [1.807, 2.05) is 6.07 Å². The Hall–Kier alpha value is -1.98. The lowest BCUT2D eigenvalue weighted by atomic mass is 9.99. The Labute approximate surface area is 124 Å². The first-order valence-corrected chi connectivity index (χ1v) is 7.24. The summed E-state index contributed by atoms with van der Waals surface area (Å²) in [5, 5.41) is 8.17. The minimum Gasteiger partial charge on any atom is -0.480 e. The fourth-order valence-electron chi connectivity index (χ4n) is 2.86. The number of fused-ring (bicyclic) bond motifs is 1. The highest BCUT2D eigenvalue weighted by Crippen LogP contribution is 2.25. The Kier molecular flexibility index (Phi) is 4.13. The van der Waals surface area contributed by atoms with Gasteiger partial charge in [-0.15, -0.1) is 5.10 Å². The lowest BCUT2D eigenvalue weighted by Crippen LogP contribution is -2.30. The van der Waals surface area contributed by atoms with E-state index in [4.69, 9.17) is 10.6 Å². The minimum absolute atomic E-state index is 0.0529. The number of aryl methyl sites for hydroxylation is 2. The number of nitrogens with one attached hydrogen (secondary N) is 1. The van der Waals surface area contributed by atoms with E-state index in [9.17, 15) is 0 Å². The molecule has 0 spiro atoms. The van der Waals surface area contributed by atoms with Gasteiger partial charge >= 0.3 is 0 Å². The van der Waals surface area contributed by atoms with Crippen molar-refractivity contribution in [2.75, 3.05) is 7.11 Å². The summed E-state index contributed by atoms with van der Waals surface area (Å²) in [7, 11) is 1.58. The number of hydrogen-bond acceptors (Lipinski definition) is 5. The largest absolute Gasteiger partial charge is 0.480 e. The van der Waals surface area contributed by atoms with Crippen molar-refractivity contribution in [1.29, 1.82) is 0 Å². The molecule has 3 rings (SSSR count). The van der Waals surface area contributed by atoms with Crippen LogP contribution in [0.25, 0.3) is 0 Å². The lowest BCUT2D eigenvalue weighted by Gasteiger charge is -2.15. The summed E-state index contributed by atoms with van der Waals surface area (Å²) < 4.78 is 5.03. The number of nitrogens with two attached hydrogens (primary N) is 1. The van der Waals surface area contributed by atoms with Crippen molar-refractivity contribution >= 4 is 0 Å². The van der Waals surface area contributed by atoms with Gasteiger partial charge in [0.1, 0.15) is 0 Å². The molecule has 1 unspecified atom stereocenters. The average molecular weight is 284 g/mol. The van der Waals surface area contributed by atoms with Gasteiger partial charge in [-0.25, -0.2) is 0 Å². The standard InChI is InChI=1S/C16H20N4O/c1-21-16-8-7-14(19-20-16)15(18-17)10-11-5-6-12-3-2-4-13(12)9-11/h5-9,15,18H,2-4,10,17H2,1H3. The van der Waals surface area contributed by atoms with Crippen molar-refractivity contribution in [3.05, 3.63) is 52.7 Å². The van der Waals surface area contributed by atoms with E-state index in [1.54, 1.807) is 13.2 Å². The third-order valence-corrected chi connectivity index (χ3v) is 4.03. The highest BCUT2D eigenvalue weighted by molar-refractivity contribution is 5.36. The molecule has 5 heteroatoms. The van der Waals surface area contributed by atoms with Crippen molar-refractivity contribution in [2.24, 2.45) is 5.84 Å². The predicted molar refractivity (Wildman–Crippen MR) is 80.8 cm³/mol. The number of ether oxygens (including phenoxy) is 1. The van der Waals surface area contributed by atoms with Crippen LogP contribution in [-0.4, -0.2) is 17.3 Å². The second-order valence-electron chi connectivity index (χ2n) is 5.38. The van der Waals surface area contributed by atoms with E-state index < -0.39 is 0 Å². The fourth-order valence-corrected chi connectivity index (χ4v) is 2.86. The Bertz CT molecular complexity index is 612. The lowest BCUT2D eigenvalue weighted by molar-refractivity contribution is 0.389. The van der Waals surface area contributed by atoms with Gasteiger partial charge in [-0.1, -0.05) is 18.2 Å². The molecule has 1 aromatic carbocycles. The van der Waals surface area contributed by atoms with Gasteiger partial charge in [0.2, 0.25) is 5.88 Å². The molecular formula is C16H20N4O. The summed E-state index contributed by atoms with van der Waals surface area (Å²) in [6.45, 7) is 0. The van der Waals surface area contributed by atoms with Gasteiger partial charge in [0.15, 0.2) is 0 Å². The van der Waals surface area contributed by atoms with Crippen LogP contribution in [0.2, 0.25) is 0 Å². The van der Waals surface area contributed by atoms with E-state index in [-0.39, 0.29) is 6.04 Å². The quantitative estimate of drug-likeness (QED) is 0.646. The molecule has 0 radical (unpaired) electrons. The molecule has 0 saturated heterocycles. The first-order valence-electron chi connectivity index (χ1n) is 7.24. The summed E-state index contributed by atoms with van der Waals surface area (Å²) in [5.41, 5.74) is 7.88. The van der Waals surface area contributed by atoms with Crippen molar-refractivity contribution < 1.29 is 4.74 Å². The number of aromatic nitrogens is 2. The molecule has 1 aliphatic carbocycles. The van der Waals surface area contributed by atoms with Gasteiger partial charge in [0.05, 0.1) is 18.8 Å². The van der Waals surface area contributed by atoms with Crippen LogP contribution in [0.4, 0.5) is 0 Å². The van der Waals surface area contributed by atoms with Crippen LogP contribution < -0.4 is 16.0 Å². The van der Waals surface area contributed by atoms with Crippen molar-refractivity contribution in [3.63, 3.8) is 0 Å². The monoisotopic (exact) mass is 284 g/mol. The summed E-state index contributed by atoms with van der Waals surface area (Å²) in [4.78, 5) is 0. The number of hydrazine groups is 1. The van der Waals surface area contributed by atoms with Crippen LogP contribution in [0.1, 0.15) is 34.8 Å². The second-order valence-corrected chi connectivity index (χ2v) is 5.38. The molecule has 1 aliphatic rings. The zero-order valence-corrected chi connectivity index (χ0v) is 12.2. The molecule has 5 nitrogen and oxygen atoms in total. The highest BCUT2D eigenvalue weighted by atomic mass is 16.5. The SMILES string of the molecule is COc1ccc(C(Cc2ccc3c(c2)CCC3)NN)nn1. The van der Waals surface area contributed by atoms with Crippen LogP contribution in [-0.2, 0) is 19.3 Å². The van der Waals surface area contributed by atoms with Crippen LogP contribution in [0, 0.1) is 0 Å². The molecule has 0 fully saturated rings. The Morgan fingerprint density at radius 1 is 1.19 bits per heavy atom. The molecule has 0 amide bonds. The maximum absolute atomic E-state index is 5.69. The second kappa shape index (κ2) is 6.20. The van der Waals surface area contributed by atoms with E-state index >= 15 is 0 Å². The number of hydrogen-bond donors (Lipinski definition) is 2. The van der Waals surface area contributed by atoms with E-state index in [1.165, 1.54) is 36.0 Å². The third-order valence-electron chi connectivity index (χ3n) is 4.03. The van der Waals surface area contributed by atoms with Crippen LogP contribution in [0.5, 0.6) is 5.88 Å². The predicted octanol–water partition coefficient (Wildman–Crippen LogP) is 1.72. The fraction of sp³-hybridized carbons (Fsp3) is 0.375. The van der Waals surface area contributed by atoms with Gasteiger partial charge in [-0.2, -0.15) is 5.10 Å². The van der Waals surface area contributed by atoms with E-state index in [2.05, 4.69) is 33.8 Å². The Morgan fingerprint density at radius 3 is 2.76 bits per heavy atom. The molecule has 0 saturated carbocycles. The van der Waals surface area contributed by atoms with E-state index in [0.29, 0.717) is 5.88 Å². The summed E-state index contributed by atoms with van der Waals surface area (Å²) in [6.07, 6.45) is 4.45. The maximum atomic E-state index is 5.69. The first kappa shape index (κ1) is 14.0. The molecule has 0 aliphatic heterocycles. The molecule has 21 heavy (non-hydrogen) atoms. The van der Waals surface area contributed by atoms with Crippen molar-refractivity contribution in [2.45, 2.75) is 31.7 Å².